The molecule has 0 saturated carbocycles. The van der Waals surface area contributed by atoms with Gasteiger partial charge in [-0.05, 0) is 18.1 Å². The van der Waals surface area contributed by atoms with Crippen molar-refractivity contribution >= 4 is 16.9 Å². The highest BCUT2D eigenvalue weighted by Crippen LogP contribution is 2.16. The largest absolute Gasteiger partial charge is 0.412 e. The Bertz CT molecular complexity index is 707. The molecule has 0 aliphatic rings. The van der Waals surface area contributed by atoms with E-state index in [2.05, 4.69) is 34.1 Å². The summed E-state index contributed by atoms with van der Waals surface area (Å²) in [6.45, 7) is 2.80. The molecule has 0 unspecified atom stereocenters. The van der Waals surface area contributed by atoms with E-state index in [1.807, 2.05) is 23.0 Å². The summed E-state index contributed by atoms with van der Waals surface area (Å²) in [7, 11) is 0. The monoisotopic (exact) mass is 257 g/mol. The zero-order chi connectivity index (χ0) is 12.5. The second kappa shape index (κ2) is 5.03. The van der Waals surface area contributed by atoms with Gasteiger partial charge in [0.25, 0.3) is 0 Å². The van der Waals surface area contributed by atoms with Crippen molar-refractivity contribution in [3.05, 3.63) is 47.9 Å². The number of hydrogen-bond donors (Lipinski definition) is 1. The Morgan fingerprint density at radius 1 is 1.21 bits per heavy atom. The summed E-state index contributed by atoms with van der Waals surface area (Å²) < 4.78 is 1.85. The van der Waals surface area contributed by atoms with Crippen molar-refractivity contribution in [3.8, 4) is 0 Å². The first-order chi connectivity index (χ1) is 8.74. The quantitative estimate of drug-likeness (QED) is 0.738. The molecule has 0 atom stereocenters. The Hall–Kier alpha value is -2.47. The molecule has 0 aliphatic heterocycles. The summed E-state index contributed by atoms with van der Waals surface area (Å²) in [6, 6.07) is 8.24. The van der Waals surface area contributed by atoms with E-state index < -0.39 is 0 Å². The number of fused-ring (bicyclic) bond motifs is 1. The highest BCUT2D eigenvalue weighted by Gasteiger charge is 2.06. The first kappa shape index (κ1) is 13.0. The molecule has 0 amide bonds. The fourth-order valence-electron chi connectivity index (χ4n) is 1.95. The molecule has 0 saturated heterocycles. The average Bonchev–Trinajstić information content (AvgIpc) is 2.76. The van der Waals surface area contributed by atoms with Crippen LogP contribution < -0.4 is 5.73 Å². The van der Waals surface area contributed by atoms with Gasteiger partial charge in [0.1, 0.15) is 12.1 Å². The minimum atomic E-state index is 0. The van der Waals surface area contributed by atoms with Crippen molar-refractivity contribution in [2.45, 2.75) is 13.5 Å². The molecule has 1 aromatic carbocycles. The molecule has 19 heavy (non-hydrogen) atoms. The van der Waals surface area contributed by atoms with Crippen molar-refractivity contribution in [3.63, 3.8) is 0 Å². The summed E-state index contributed by atoms with van der Waals surface area (Å²) in [5.41, 5.74) is 8.90. The smallest absolute Gasteiger partial charge is 0.186 e. The maximum Gasteiger partial charge on any atom is 0.186 e. The number of hydrogen-bond acceptors (Lipinski definition) is 4. The molecule has 4 N–H and O–H groups in total. The van der Waals surface area contributed by atoms with Crippen LogP contribution in [0.2, 0.25) is 0 Å². The molecular weight excluding hydrogens is 242 g/mol. The van der Waals surface area contributed by atoms with Crippen molar-refractivity contribution in [1.82, 2.24) is 19.7 Å². The van der Waals surface area contributed by atoms with Crippen LogP contribution in [0.5, 0.6) is 0 Å². The predicted octanol–water partition coefficient (Wildman–Crippen LogP) is 0.941. The second-order valence-electron chi connectivity index (χ2n) is 4.25. The summed E-state index contributed by atoms with van der Waals surface area (Å²) in [4.78, 5) is 8.06. The summed E-state index contributed by atoms with van der Waals surface area (Å²) in [5, 5.41) is 5.19. The van der Waals surface area contributed by atoms with Gasteiger partial charge in [-0.1, -0.05) is 24.3 Å². The molecule has 0 fully saturated rings. The van der Waals surface area contributed by atoms with E-state index in [9.17, 15) is 0 Å². The van der Waals surface area contributed by atoms with E-state index >= 15 is 0 Å². The normalized spacial score (nSPS) is 10.4. The Kier molecular flexibility index (Phi) is 3.43. The fourth-order valence-corrected chi connectivity index (χ4v) is 1.95. The molecule has 0 radical (unpaired) electrons. The van der Waals surface area contributed by atoms with Crippen LogP contribution in [0.25, 0.3) is 11.0 Å². The molecular formula is C13H15N5O. The van der Waals surface area contributed by atoms with Gasteiger partial charge in [0.2, 0.25) is 0 Å². The van der Waals surface area contributed by atoms with Crippen LogP contribution >= 0.6 is 0 Å². The lowest BCUT2D eigenvalue weighted by Gasteiger charge is -2.04. The lowest BCUT2D eigenvalue weighted by atomic mass is 10.1. The van der Waals surface area contributed by atoms with Gasteiger partial charge in [-0.15, -0.1) is 0 Å². The van der Waals surface area contributed by atoms with Crippen LogP contribution in [-0.2, 0) is 6.54 Å². The topological polar surface area (TPSA) is 101 Å². The molecule has 3 aromatic rings. The molecule has 2 heterocycles. The summed E-state index contributed by atoms with van der Waals surface area (Å²) in [5.74, 6) is 0.469. The molecule has 0 spiro atoms. The fraction of sp³-hybridized carbons (Fsp3) is 0.154. The Labute approximate surface area is 110 Å². The molecule has 98 valence electrons. The highest BCUT2D eigenvalue weighted by molar-refractivity contribution is 5.84. The van der Waals surface area contributed by atoms with Crippen LogP contribution in [-0.4, -0.2) is 25.2 Å². The minimum absolute atomic E-state index is 0. The number of nitrogen functional groups attached to an aromatic ring is 1. The second-order valence-corrected chi connectivity index (χ2v) is 4.25. The molecule has 0 aliphatic carbocycles. The van der Waals surface area contributed by atoms with Crippen LogP contribution in [0.1, 0.15) is 11.1 Å². The Morgan fingerprint density at radius 3 is 2.74 bits per heavy atom. The van der Waals surface area contributed by atoms with E-state index in [1.165, 1.54) is 17.5 Å². The number of benzene rings is 1. The maximum absolute atomic E-state index is 5.79. The number of aromatic nitrogens is 4. The third-order valence-corrected chi connectivity index (χ3v) is 2.99. The van der Waals surface area contributed by atoms with Gasteiger partial charge >= 0.3 is 0 Å². The van der Waals surface area contributed by atoms with E-state index in [4.69, 9.17) is 5.73 Å². The third kappa shape index (κ3) is 2.38. The van der Waals surface area contributed by atoms with Gasteiger partial charge in [0.05, 0.1) is 11.9 Å². The van der Waals surface area contributed by atoms with Crippen molar-refractivity contribution in [2.24, 2.45) is 0 Å². The molecule has 3 rings (SSSR count). The Morgan fingerprint density at radius 2 is 2.00 bits per heavy atom. The van der Waals surface area contributed by atoms with Gasteiger partial charge < -0.3 is 11.2 Å². The van der Waals surface area contributed by atoms with E-state index in [1.54, 1.807) is 0 Å². The number of nitrogens with two attached hydrogens (primary N) is 1. The summed E-state index contributed by atoms with van der Waals surface area (Å²) >= 11 is 0. The van der Waals surface area contributed by atoms with Gasteiger partial charge in [0, 0.05) is 6.20 Å². The average molecular weight is 257 g/mol. The molecule has 6 heteroatoms. The van der Waals surface area contributed by atoms with Crippen LogP contribution in [0.3, 0.4) is 0 Å². The Balaban J connectivity index is 0.00000133. The van der Waals surface area contributed by atoms with E-state index in [-0.39, 0.29) is 5.48 Å². The van der Waals surface area contributed by atoms with Crippen molar-refractivity contribution in [2.75, 3.05) is 5.73 Å². The van der Waals surface area contributed by atoms with E-state index in [0.29, 0.717) is 18.0 Å². The number of nitrogens with zero attached hydrogens (tertiary/aromatic N) is 4. The minimum Gasteiger partial charge on any atom is -0.412 e. The van der Waals surface area contributed by atoms with Crippen molar-refractivity contribution in [1.29, 1.82) is 0 Å². The SMILES string of the molecule is Cc1ccccc1Cn1cc2c(N)ncnc2n1.O. The molecule has 0 bridgehead atoms. The number of rotatable bonds is 2. The zero-order valence-electron chi connectivity index (χ0n) is 10.5. The lowest BCUT2D eigenvalue weighted by Crippen LogP contribution is -2.01. The number of anilines is 1. The van der Waals surface area contributed by atoms with Crippen molar-refractivity contribution < 1.29 is 5.48 Å². The molecule has 6 nitrogen and oxygen atoms in total. The van der Waals surface area contributed by atoms with E-state index in [0.717, 1.165) is 5.39 Å². The molecule has 2 aromatic heterocycles. The third-order valence-electron chi connectivity index (χ3n) is 2.99. The highest BCUT2D eigenvalue weighted by atomic mass is 16.0. The first-order valence-electron chi connectivity index (χ1n) is 5.72. The zero-order valence-corrected chi connectivity index (χ0v) is 10.5. The summed E-state index contributed by atoms with van der Waals surface area (Å²) in [6.07, 6.45) is 3.32. The van der Waals surface area contributed by atoms with Crippen LogP contribution in [0.4, 0.5) is 5.82 Å². The van der Waals surface area contributed by atoms with Gasteiger partial charge in [0.15, 0.2) is 5.65 Å². The van der Waals surface area contributed by atoms with Gasteiger partial charge in [-0.25, -0.2) is 9.97 Å². The van der Waals surface area contributed by atoms with Crippen LogP contribution in [0, 0.1) is 6.92 Å². The maximum atomic E-state index is 5.79. The lowest BCUT2D eigenvalue weighted by molar-refractivity contribution is 0.690. The predicted molar refractivity (Wildman–Crippen MR) is 73.6 cm³/mol. The van der Waals surface area contributed by atoms with Gasteiger partial charge in [-0.2, -0.15) is 5.10 Å². The number of aryl methyl sites for hydroxylation is 1. The van der Waals surface area contributed by atoms with Gasteiger partial charge in [-0.3, -0.25) is 4.68 Å². The first-order valence-corrected chi connectivity index (χ1v) is 5.72. The van der Waals surface area contributed by atoms with Crippen LogP contribution in [0.15, 0.2) is 36.8 Å². The standard InChI is InChI=1S/C13H13N5.H2O/c1-9-4-2-3-5-10(9)6-18-7-11-12(14)15-8-16-13(11)17-18;/h2-5,7-8H,6H2,1H3,(H2,14,15,16,17);1H2.